The standard InChI is InChI=1S/C12H8F2NOS/c1-17-11-7-8(5-6-15-11)16-10-4-2-3-9(13)12(10)14/h2-6H,1H3. The van der Waals surface area contributed by atoms with E-state index in [1.54, 1.807) is 0 Å². The van der Waals surface area contributed by atoms with Crippen LogP contribution in [-0.4, -0.2) is 11.2 Å². The average molecular weight is 252 g/mol. The maximum Gasteiger partial charge on any atom is 0.201 e. The van der Waals surface area contributed by atoms with Gasteiger partial charge in [-0.1, -0.05) is 6.07 Å². The lowest BCUT2D eigenvalue weighted by molar-refractivity contribution is 0.414. The molecular weight excluding hydrogens is 244 g/mol. The van der Waals surface area contributed by atoms with Gasteiger partial charge in [-0.3, -0.25) is 0 Å². The fourth-order valence-electron chi connectivity index (χ4n) is 1.20. The molecule has 2 rings (SSSR count). The smallest absolute Gasteiger partial charge is 0.201 e. The first-order valence-electron chi connectivity index (χ1n) is 4.75. The van der Waals surface area contributed by atoms with Crippen molar-refractivity contribution >= 4 is 11.8 Å². The third-order valence-corrected chi connectivity index (χ3v) is 2.57. The van der Waals surface area contributed by atoms with Gasteiger partial charge >= 0.3 is 0 Å². The molecule has 0 aliphatic rings. The van der Waals surface area contributed by atoms with Crippen LogP contribution in [0.5, 0.6) is 11.5 Å². The molecule has 0 bridgehead atoms. The van der Waals surface area contributed by atoms with Gasteiger partial charge in [-0.2, -0.15) is 4.39 Å². The summed E-state index contributed by atoms with van der Waals surface area (Å²) in [6.45, 7) is 0. The maximum atomic E-state index is 13.3. The Bertz CT molecular complexity index is 534. The molecule has 0 unspecified atom stereocenters. The Morgan fingerprint density at radius 2 is 2.12 bits per heavy atom. The van der Waals surface area contributed by atoms with Crippen molar-refractivity contribution in [3.63, 3.8) is 0 Å². The van der Waals surface area contributed by atoms with Crippen molar-refractivity contribution < 1.29 is 13.5 Å². The second-order valence-electron chi connectivity index (χ2n) is 3.10. The second-order valence-corrected chi connectivity index (χ2v) is 3.89. The van der Waals surface area contributed by atoms with Crippen molar-refractivity contribution in [1.82, 2.24) is 4.98 Å². The minimum atomic E-state index is -1.01. The highest BCUT2D eigenvalue weighted by Gasteiger charge is 2.10. The summed E-state index contributed by atoms with van der Waals surface area (Å²) < 4.78 is 31.5. The molecule has 1 aromatic heterocycles. The van der Waals surface area contributed by atoms with Gasteiger partial charge in [0.25, 0.3) is 0 Å². The molecule has 5 heteroatoms. The number of hydrogen-bond donors (Lipinski definition) is 0. The summed E-state index contributed by atoms with van der Waals surface area (Å²) >= 11 is 1.39. The second kappa shape index (κ2) is 5.14. The zero-order chi connectivity index (χ0) is 12.3. The van der Waals surface area contributed by atoms with Gasteiger partial charge in [-0.15, -0.1) is 11.8 Å². The first-order chi connectivity index (χ1) is 8.20. The number of aromatic nitrogens is 1. The Hall–Kier alpha value is -1.62. The molecule has 0 saturated heterocycles. The quantitative estimate of drug-likeness (QED) is 0.778. The summed E-state index contributed by atoms with van der Waals surface area (Å²) in [4.78, 5) is 4.00. The molecule has 17 heavy (non-hydrogen) atoms. The van der Waals surface area contributed by atoms with Crippen LogP contribution in [0.15, 0.2) is 35.5 Å². The molecule has 1 aromatic carbocycles. The Morgan fingerprint density at radius 3 is 2.88 bits per heavy atom. The third-order valence-electron chi connectivity index (χ3n) is 1.98. The van der Waals surface area contributed by atoms with Crippen LogP contribution in [0, 0.1) is 17.7 Å². The molecule has 1 heterocycles. The molecule has 87 valence electrons. The van der Waals surface area contributed by atoms with Crippen LogP contribution in [0.1, 0.15) is 0 Å². The minimum Gasteiger partial charge on any atom is -0.453 e. The Morgan fingerprint density at radius 1 is 1.29 bits per heavy atom. The van der Waals surface area contributed by atoms with Crippen LogP contribution in [0.3, 0.4) is 0 Å². The van der Waals surface area contributed by atoms with Gasteiger partial charge in [0.2, 0.25) is 5.82 Å². The third kappa shape index (κ3) is 2.74. The molecule has 2 nitrogen and oxygen atoms in total. The predicted molar refractivity (Wildman–Crippen MR) is 61.3 cm³/mol. The van der Waals surface area contributed by atoms with Crippen LogP contribution in [0.4, 0.5) is 8.78 Å². The van der Waals surface area contributed by atoms with Crippen molar-refractivity contribution in [1.29, 1.82) is 0 Å². The van der Waals surface area contributed by atoms with Crippen molar-refractivity contribution in [3.8, 4) is 11.5 Å². The van der Waals surface area contributed by atoms with Gasteiger partial charge in [0.1, 0.15) is 10.8 Å². The van der Waals surface area contributed by atoms with E-state index in [4.69, 9.17) is 4.74 Å². The number of halogens is 2. The molecule has 0 spiro atoms. The van der Waals surface area contributed by atoms with Gasteiger partial charge in [-0.25, -0.2) is 9.37 Å². The zero-order valence-electron chi connectivity index (χ0n) is 8.91. The number of hydrogen-bond acceptors (Lipinski definition) is 3. The number of thioether (sulfide) groups is 1. The number of rotatable bonds is 3. The van der Waals surface area contributed by atoms with Crippen LogP contribution in [0.25, 0.3) is 0 Å². The summed E-state index contributed by atoms with van der Waals surface area (Å²) in [5, 5.41) is 0.624. The average Bonchev–Trinajstić information content (AvgIpc) is 2.35. The van der Waals surface area contributed by atoms with Crippen molar-refractivity contribution in [2.24, 2.45) is 0 Å². The minimum absolute atomic E-state index is 0.167. The summed E-state index contributed by atoms with van der Waals surface area (Å²) in [6.07, 6.45) is 3.36. The van der Waals surface area contributed by atoms with E-state index in [0.29, 0.717) is 10.8 Å². The highest BCUT2D eigenvalue weighted by atomic mass is 32.2. The van der Waals surface area contributed by atoms with Gasteiger partial charge in [-0.05, 0) is 24.5 Å². The lowest BCUT2D eigenvalue weighted by Gasteiger charge is -2.06. The molecule has 0 atom stereocenters. The summed E-state index contributed by atoms with van der Waals surface area (Å²) in [5.41, 5.74) is 0. The van der Waals surface area contributed by atoms with E-state index in [2.05, 4.69) is 11.1 Å². The first-order valence-corrected chi connectivity index (χ1v) is 5.97. The van der Waals surface area contributed by atoms with Crippen LogP contribution >= 0.6 is 11.8 Å². The largest absolute Gasteiger partial charge is 0.453 e. The van der Waals surface area contributed by atoms with Crippen LogP contribution in [-0.2, 0) is 0 Å². The molecule has 1 radical (unpaired) electrons. The molecular formula is C12H8F2NOS. The molecule has 0 saturated carbocycles. The van der Waals surface area contributed by atoms with E-state index in [1.807, 2.05) is 6.26 Å². The van der Waals surface area contributed by atoms with Crippen LogP contribution in [0.2, 0.25) is 0 Å². The van der Waals surface area contributed by atoms with E-state index in [0.717, 1.165) is 6.07 Å². The highest BCUT2D eigenvalue weighted by molar-refractivity contribution is 7.98. The predicted octanol–water partition coefficient (Wildman–Crippen LogP) is 3.67. The lowest BCUT2D eigenvalue weighted by atomic mass is 10.3. The Labute approximate surface area is 102 Å². The molecule has 2 aromatic rings. The normalized spacial score (nSPS) is 10.3. The van der Waals surface area contributed by atoms with Crippen molar-refractivity contribution in [2.45, 2.75) is 5.03 Å². The van der Waals surface area contributed by atoms with Crippen molar-refractivity contribution in [3.05, 3.63) is 48.2 Å². The topological polar surface area (TPSA) is 22.1 Å². The number of nitrogens with zero attached hydrogens (tertiary/aromatic N) is 1. The van der Waals surface area contributed by atoms with E-state index < -0.39 is 11.6 Å². The van der Waals surface area contributed by atoms with E-state index in [-0.39, 0.29) is 5.75 Å². The van der Waals surface area contributed by atoms with E-state index in [9.17, 15) is 8.78 Å². The number of pyridine rings is 1. The summed E-state index contributed by atoms with van der Waals surface area (Å²) in [6, 6.07) is 8.13. The summed E-state index contributed by atoms with van der Waals surface area (Å²) in [7, 11) is 0. The maximum absolute atomic E-state index is 13.3. The zero-order valence-corrected chi connectivity index (χ0v) is 9.72. The monoisotopic (exact) mass is 252 g/mol. The van der Waals surface area contributed by atoms with Crippen LogP contribution < -0.4 is 4.74 Å². The highest BCUT2D eigenvalue weighted by Crippen LogP contribution is 2.26. The first kappa shape index (κ1) is 11.9. The molecule has 0 fully saturated rings. The van der Waals surface area contributed by atoms with Gasteiger partial charge < -0.3 is 4.74 Å². The Kier molecular flexibility index (Phi) is 3.58. The number of ether oxygens (including phenoxy) is 1. The fourth-order valence-corrected chi connectivity index (χ4v) is 1.57. The molecule has 0 N–H and O–H groups in total. The van der Waals surface area contributed by atoms with E-state index >= 15 is 0 Å². The summed E-state index contributed by atoms with van der Waals surface area (Å²) in [5.74, 6) is -1.82. The van der Waals surface area contributed by atoms with Gasteiger partial charge in [0.05, 0.1) is 6.07 Å². The molecule has 0 aliphatic carbocycles. The SMILES string of the molecule is CSc1[c]c(Oc2cccc(F)c2F)ccn1. The molecule has 0 amide bonds. The van der Waals surface area contributed by atoms with E-state index in [1.165, 1.54) is 36.2 Å². The fraction of sp³-hybridized carbons (Fsp3) is 0.0833. The van der Waals surface area contributed by atoms with Gasteiger partial charge in [0.15, 0.2) is 11.6 Å². The Balaban J connectivity index is 2.28. The lowest BCUT2D eigenvalue weighted by Crippen LogP contribution is -1.92. The number of benzene rings is 1. The molecule has 0 aliphatic heterocycles. The van der Waals surface area contributed by atoms with Gasteiger partial charge in [0, 0.05) is 6.20 Å². The van der Waals surface area contributed by atoms with Crippen molar-refractivity contribution in [2.75, 3.05) is 6.26 Å².